The fraction of sp³-hybridized carbons (Fsp3) is 0.618. The van der Waals surface area contributed by atoms with Crippen LogP contribution in [0.4, 0.5) is 26.3 Å². The van der Waals surface area contributed by atoms with Crippen molar-refractivity contribution in [3.8, 4) is 0 Å². The van der Waals surface area contributed by atoms with Crippen LogP contribution >= 0.6 is 0 Å². The van der Waals surface area contributed by atoms with E-state index >= 15 is 0 Å². The minimum absolute atomic E-state index is 0.142. The summed E-state index contributed by atoms with van der Waals surface area (Å²) < 4.78 is 87.7. The van der Waals surface area contributed by atoms with Crippen molar-refractivity contribution in [2.24, 2.45) is 11.3 Å². The largest absolute Gasteiger partial charge is 0.416 e. The van der Waals surface area contributed by atoms with Gasteiger partial charge in [-0.1, -0.05) is 36.8 Å². The van der Waals surface area contributed by atoms with Crippen LogP contribution in [-0.4, -0.2) is 43.0 Å². The van der Waals surface area contributed by atoms with E-state index in [0.717, 1.165) is 88.9 Å². The van der Waals surface area contributed by atoms with Crippen LogP contribution in [0.25, 0.3) is 0 Å². The molecule has 4 fully saturated rings. The van der Waals surface area contributed by atoms with Crippen molar-refractivity contribution in [1.82, 2.24) is 4.90 Å². The smallest absolute Gasteiger partial charge is 0.381 e. The average molecular weight is 608 g/mol. The molecule has 2 unspecified atom stereocenters. The summed E-state index contributed by atoms with van der Waals surface area (Å²) in [5, 5.41) is 0. The molecule has 234 valence electrons. The molecule has 0 radical (unpaired) electrons. The molecule has 2 saturated carbocycles. The van der Waals surface area contributed by atoms with Gasteiger partial charge in [0.1, 0.15) is 5.78 Å². The zero-order chi connectivity index (χ0) is 30.5. The molecule has 0 bridgehead atoms. The molecular weight excluding hydrogens is 568 g/mol. The van der Waals surface area contributed by atoms with Crippen molar-refractivity contribution in [2.45, 2.75) is 93.9 Å². The summed E-state index contributed by atoms with van der Waals surface area (Å²) in [5.74, 6) is -1.67. The Balaban J connectivity index is 1.26. The first-order chi connectivity index (χ1) is 20.4. The van der Waals surface area contributed by atoms with Gasteiger partial charge < -0.3 is 9.64 Å². The van der Waals surface area contributed by atoms with Crippen LogP contribution in [0.3, 0.4) is 0 Å². The van der Waals surface area contributed by atoms with Crippen LogP contribution < -0.4 is 0 Å². The first-order valence-electron chi connectivity index (χ1n) is 15.6. The molecule has 0 aromatic heterocycles. The maximum atomic E-state index is 14.3. The van der Waals surface area contributed by atoms with E-state index in [1.54, 1.807) is 0 Å². The molecule has 0 N–H and O–H groups in total. The Morgan fingerprint density at radius 1 is 0.767 bits per heavy atom. The molecule has 2 saturated heterocycles. The number of hydrogen-bond acceptors (Lipinski definition) is 3. The molecule has 6 rings (SSSR count). The number of halogens is 6. The van der Waals surface area contributed by atoms with Crippen molar-refractivity contribution in [3.05, 3.63) is 70.8 Å². The van der Waals surface area contributed by atoms with Gasteiger partial charge in [-0.15, -0.1) is 0 Å². The number of likely N-dealkylation sites (tertiary alicyclic amines) is 1. The molecular formula is C34H39F6NO2. The quantitative estimate of drug-likeness (QED) is 0.326. The average Bonchev–Trinajstić information content (AvgIpc) is 3.45. The van der Waals surface area contributed by atoms with Crippen molar-refractivity contribution in [2.75, 3.05) is 26.3 Å². The first kappa shape index (κ1) is 30.6. The van der Waals surface area contributed by atoms with Gasteiger partial charge in [0.05, 0.1) is 17.7 Å². The molecule has 2 aliphatic heterocycles. The third-order valence-corrected chi connectivity index (χ3v) is 11.1. The second kappa shape index (κ2) is 11.5. The predicted octanol–water partition coefficient (Wildman–Crippen LogP) is 8.56. The molecule has 9 heteroatoms. The predicted molar refractivity (Wildman–Crippen MR) is 151 cm³/mol. The monoisotopic (exact) mass is 607 g/mol. The number of Topliss-reactive ketones (excluding diaryl/α,β-unsaturated/α-hetero) is 1. The van der Waals surface area contributed by atoms with Gasteiger partial charge in [0, 0.05) is 29.9 Å². The van der Waals surface area contributed by atoms with Gasteiger partial charge in [-0.3, -0.25) is 4.79 Å². The minimum Gasteiger partial charge on any atom is -0.381 e. The first-order valence-corrected chi connectivity index (χ1v) is 15.6. The molecule has 2 aliphatic carbocycles. The van der Waals surface area contributed by atoms with Gasteiger partial charge in [-0.05, 0) is 106 Å². The van der Waals surface area contributed by atoms with E-state index in [4.69, 9.17) is 4.74 Å². The molecule has 2 heterocycles. The summed E-state index contributed by atoms with van der Waals surface area (Å²) >= 11 is 0. The van der Waals surface area contributed by atoms with E-state index in [1.807, 2.05) is 30.3 Å². The number of piperidine rings is 1. The molecule has 2 atom stereocenters. The zero-order valence-corrected chi connectivity index (χ0v) is 24.3. The number of benzene rings is 2. The van der Waals surface area contributed by atoms with Crippen molar-refractivity contribution in [1.29, 1.82) is 0 Å². The van der Waals surface area contributed by atoms with Crippen LogP contribution in [0, 0.1) is 11.3 Å². The number of alkyl halides is 6. The summed E-state index contributed by atoms with van der Waals surface area (Å²) in [6, 6.07) is 11.9. The Kier molecular flexibility index (Phi) is 8.20. The van der Waals surface area contributed by atoms with Gasteiger partial charge in [0.25, 0.3) is 0 Å². The summed E-state index contributed by atoms with van der Waals surface area (Å²) in [6.45, 7) is 3.77. The molecule has 2 aromatic rings. The summed E-state index contributed by atoms with van der Waals surface area (Å²) in [5.41, 5.74) is -2.02. The molecule has 0 amide bonds. The van der Waals surface area contributed by atoms with Crippen molar-refractivity contribution in [3.63, 3.8) is 0 Å². The van der Waals surface area contributed by atoms with Crippen LogP contribution in [0.2, 0.25) is 0 Å². The number of carbonyl (C=O) groups excluding carboxylic acids is 1. The van der Waals surface area contributed by atoms with Crippen molar-refractivity contribution >= 4 is 5.78 Å². The molecule has 3 nitrogen and oxygen atoms in total. The highest BCUT2D eigenvalue weighted by Gasteiger charge is 2.51. The lowest BCUT2D eigenvalue weighted by Crippen LogP contribution is -2.51. The highest BCUT2D eigenvalue weighted by molar-refractivity contribution is 5.90. The second-order valence-electron chi connectivity index (χ2n) is 13.4. The van der Waals surface area contributed by atoms with E-state index < -0.39 is 40.7 Å². The van der Waals surface area contributed by atoms with Gasteiger partial charge >= 0.3 is 12.4 Å². The Labute approximate surface area is 249 Å². The van der Waals surface area contributed by atoms with E-state index in [1.165, 1.54) is 0 Å². The summed E-state index contributed by atoms with van der Waals surface area (Å²) in [6.07, 6.45) is -1.73. The maximum absolute atomic E-state index is 14.3. The summed E-state index contributed by atoms with van der Waals surface area (Å²) in [4.78, 5) is 16.9. The van der Waals surface area contributed by atoms with E-state index in [-0.39, 0.29) is 23.8 Å². The number of hydrogen-bond donors (Lipinski definition) is 0. The molecule has 43 heavy (non-hydrogen) atoms. The third kappa shape index (κ3) is 6.00. The SMILES string of the molecule is O=C1C(c2cc(C(F)(F)F)cc(C(F)(F)F)c2)CCCC1C1(c2ccccc2)CCC(N2CCC3(CCOC3)CC2)CC1. The Hall–Kier alpha value is -2.39. The highest BCUT2D eigenvalue weighted by atomic mass is 19.4. The van der Waals surface area contributed by atoms with E-state index in [9.17, 15) is 31.1 Å². The highest BCUT2D eigenvalue weighted by Crippen LogP contribution is 2.53. The maximum Gasteiger partial charge on any atom is 0.416 e. The lowest BCUT2D eigenvalue weighted by Gasteiger charge is -2.51. The van der Waals surface area contributed by atoms with Gasteiger partial charge in [0.15, 0.2) is 0 Å². The Bertz CT molecular complexity index is 1250. The lowest BCUT2D eigenvalue weighted by molar-refractivity contribution is -0.143. The van der Waals surface area contributed by atoms with Gasteiger partial charge in [-0.2, -0.15) is 26.3 Å². The normalized spacial score (nSPS) is 30.6. The fourth-order valence-electron chi connectivity index (χ4n) is 8.61. The van der Waals surface area contributed by atoms with Crippen molar-refractivity contribution < 1.29 is 35.9 Å². The number of nitrogens with zero attached hydrogens (tertiary/aromatic N) is 1. The summed E-state index contributed by atoms with van der Waals surface area (Å²) in [7, 11) is 0. The van der Waals surface area contributed by atoms with E-state index in [0.29, 0.717) is 24.3 Å². The molecule has 1 spiro atoms. The zero-order valence-electron chi connectivity index (χ0n) is 24.3. The van der Waals surface area contributed by atoms with Crippen LogP contribution in [-0.2, 0) is 27.3 Å². The second-order valence-corrected chi connectivity index (χ2v) is 13.4. The fourth-order valence-corrected chi connectivity index (χ4v) is 8.61. The molecule has 4 aliphatic rings. The molecule has 2 aromatic carbocycles. The Morgan fingerprint density at radius 3 is 1.95 bits per heavy atom. The lowest BCUT2D eigenvalue weighted by atomic mass is 9.55. The minimum atomic E-state index is -4.95. The van der Waals surface area contributed by atoms with Crippen LogP contribution in [0.1, 0.15) is 92.4 Å². The van der Waals surface area contributed by atoms with Gasteiger partial charge in [-0.25, -0.2) is 0 Å². The third-order valence-electron chi connectivity index (χ3n) is 11.1. The topological polar surface area (TPSA) is 29.5 Å². The van der Waals surface area contributed by atoms with Crippen LogP contribution in [0.5, 0.6) is 0 Å². The number of carbonyl (C=O) groups is 1. The van der Waals surface area contributed by atoms with E-state index in [2.05, 4.69) is 4.90 Å². The van der Waals surface area contributed by atoms with Crippen LogP contribution in [0.15, 0.2) is 48.5 Å². The number of ketones is 1. The standard InChI is InChI=1S/C34H39F6NO2/c35-33(36,37)25-19-23(20-26(21-25)34(38,39)40)28-7-4-8-29(30(28)42)32(24-5-2-1-3-6-24)11-9-27(10-12-32)41-16-13-31(14-17-41)15-18-43-22-31/h1-3,5-6,19-21,27-29H,4,7-18,22H2. The number of ether oxygens (including phenoxy) is 1. The number of rotatable bonds is 4. The Morgan fingerprint density at radius 2 is 1.40 bits per heavy atom. The van der Waals surface area contributed by atoms with Gasteiger partial charge in [0.2, 0.25) is 0 Å².